The topological polar surface area (TPSA) is 103 Å². The third-order valence-corrected chi connectivity index (χ3v) is 6.29. The maximum absolute atomic E-state index is 12.9. The second-order valence-electron chi connectivity index (χ2n) is 8.44. The third kappa shape index (κ3) is 4.03. The Morgan fingerprint density at radius 2 is 2.16 bits per heavy atom. The lowest BCUT2D eigenvalue weighted by Gasteiger charge is -2.40. The van der Waals surface area contributed by atoms with E-state index in [-0.39, 0.29) is 18.0 Å². The van der Waals surface area contributed by atoms with Gasteiger partial charge >= 0.3 is 0 Å². The van der Waals surface area contributed by atoms with Gasteiger partial charge in [0.15, 0.2) is 5.82 Å². The molecule has 31 heavy (non-hydrogen) atoms. The first-order valence-corrected chi connectivity index (χ1v) is 10.8. The quantitative estimate of drug-likeness (QED) is 0.547. The molecule has 0 aromatic carbocycles. The summed E-state index contributed by atoms with van der Waals surface area (Å²) in [5.41, 5.74) is 1.28. The summed E-state index contributed by atoms with van der Waals surface area (Å²) < 4.78 is 5.28. The molecule has 3 N–H and O–H groups in total. The minimum atomic E-state index is -1.00. The van der Waals surface area contributed by atoms with Crippen LogP contribution in [0, 0.1) is 5.92 Å². The van der Waals surface area contributed by atoms with Gasteiger partial charge in [0.2, 0.25) is 6.35 Å². The lowest BCUT2D eigenvalue weighted by Crippen LogP contribution is -2.52. The highest BCUT2D eigenvalue weighted by Gasteiger charge is 2.40. The number of anilines is 3. The standard InChI is InChI=1S/C22H28N6O3/c1-31-13-17(14-5-6-14)25-21(29)16-7-8-18-20(24-16)28(15-9-11-27(18)12-15)22(30)26-19-4-2-3-10-23-19/h2-4,7-8,10,14-15,17,22,30H,5-6,9,11-13H2,1H3,(H,23,26)(H,25,29)/t15-,17?,22?/m0/s1. The molecule has 1 saturated heterocycles. The molecule has 2 bridgehead atoms. The predicted molar refractivity (Wildman–Crippen MR) is 117 cm³/mol. The molecule has 164 valence electrons. The zero-order valence-corrected chi connectivity index (χ0v) is 17.6. The average Bonchev–Trinajstić information content (AvgIpc) is 3.55. The molecule has 3 atom stereocenters. The molecule has 5 rings (SSSR count). The number of carbonyl (C=O) groups is 1. The van der Waals surface area contributed by atoms with Crippen LogP contribution in [0.2, 0.25) is 0 Å². The van der Waals surface area contributed by atoms with Gasteiger partial charge in [-0.1, -0.05) is 6.07 Å². The summed E-state index contributed by atoms with van der Waals surface area (Å²) in [4.78, 5) is 26.0. The van der Waals surface area contributed by atoms with Crippen molar-refractivity contribution in [1.82, 2.24) is 15.3 Å². The number of rotatable bonds is 8. The van der Waals surface area contributed by atoms with Gasteiger partial charge in [0.25, 0.3) is 5.91 Å². The molecule has 4 heterocycles. The van der Waals surface area contributed by atoms with Gasteiger partial charge in [-0.25, -0.2) is 9.97 Å². The molecule has 2 aromatic heterocycles. The highest BCUT2D eigenvalue weighted by molar-refractivity contribution is 5.94. The minimum absolute atomic E-state index is 0.00257. The normalized spacial score (nSPS) is 21.4. The number of hydrogen-bond donors (Lipinski definition) is 3. The van der Waals surface area contributed by atoms with E-state index in [1.807, 2.05) is 23.1 Å². The number of aliphatic hydroxyl groups is 1. The molecule has 9 nitrogen and oxygen atoms in total. The molecule has 3 aliphatic rings. The number of fused-ring (bicyclic) bond motifs is 4. The molecule has 1 amide bonds. The summed E-state index contributed by atoms with van der Waals surface area (Å²) in [6.45, 7) is 2.21. The van der Waals surface area contributed by atoms with Crippen molar-refractivity contribution in [2.45, 2.75) is 37.7 Å². The summed E-state index contributed by atoms with van der Waals surface area (Å²) in [6.07, 6.45) is 3.81. The molecule has 2 unspecified atom stereocenters. The second-order valence-corrected chi connectivity index (χ2v) is 8.44. The van der Waals surface area contributed by atoms with Crippen LogP contribution in [0.5, 0.6) is 0 Å². The Bertz CT molecular complexity index is 938. The van der Waals surface area contributed by atoms with Crippen LogP contribution in [0.15, 0.2) is 36.5 Å². The summed E-state index contributed by atoms with van der Waals surface area (Å²) in [5.74, 6) is 1.46. The van der Waals surface area contributed by atoms with E-state index in [1.54, 1.807) is 25.4 Å². The SMILES string of the molecule is COCC(NC(=O)c1ccc2c(n1)N(C(O)Nc1ccccn1)[C@H]1CCN2C1)C1CC1. The maximum atomic E-state index is 12.9. The van der Waals surface area contributed by atoms with E-state index in [4.69, 9.17) is 9.72 Å². The zero-order valence-electron chi connectivity index (χ0n) is 17.6. The number of aromatic nitrogens is 2. The lowest BCUT2D eigenvalue weighted by molar-refractivity contribution is 0.0879. The van der Waals surface area contributed by atoms with E-state index in [0.29, 0.717) is 29.9 Å². The van der Waals surface area contributed by atoms with Crippen LogP contribution < -0.4 is 20.4 Å². The maximum Gasteiger partial charge on any atom is 0.270 e. The van der Waals surface area contributed by atoms with Crippen molar-refractivity contribution < 1.29 is 14.6 Å². The van der Waals surface area contributed by atoms with Gasteiger partial charge in [-0.15, -0.1) is 0 Å². The summed E-state index contributed by atoms with van der Waals surface area (Å²) >= 11 is 0. The van der Waals surface area contributed by atoms with Gasteiger partial charge in [0.05, 0.1) is 24.4 Å². The first kappa shape index (κ1) is 20.0. The van der Waals surface area contributed by atoms with Crippen LogP contribution in [0.1, 0.15) is 29.8 Å². The van der Waals surface area contributed by atoms with Crippen molar-refractivity contribution >= 4 is 23.2 Å². The Morgan fingerprint density at radius 3 is 2.90 bits per heavy atom. The van der Waals surface area contributed by atoms with E-state index in [2.05, 4.69) is 20.5 Å². The molecule has 2 aliphatic heterocycles. The first-order valence-electron chi connectivity index (χ1n) is 10.8. The van der Waals surface area contributed by atoms with Crippen LogP contribution >= 0.6 is 0 Å². The van der Waals surface area contributed by atoms with Gasteiger partial charge in [0, 0.05) is 26.4 Å². The number of amides is 1. The Balaban J connectivity index is 1.40. The highest BCUT2D eigenvalue weighted by atomic mass is 16.5. The monoisotopic (exact) mass is 424 g/mol. The number of carbonyl (C=O) groups excluding carboxylic acids is 1. The van der Waals surface area contributed by atoms with Gasteiger partial charge in [-0.2, -0.15) is 0 Å². The van der Waals surface area contributed by atoms with Crippen LogP contribution in [0.4, 0.5) is 17.3 Å². The fourth-order valence-corrected chi connectivity index (χ4v) is 4.55. The van der Waals surface area contributed by atoms with Crippen molar-refractivity contribution in [3.63, 3.8) is 0 Å². The molecular formula is C22H28N6O3. The fourth-order valence-electron chi connectivity index (χ4n) is 4.55. The zero-order chi connectivity index (χ0) is 21.4. The highest BCUT2D eigenvalue weighted by Crippen LogP contribution is 2.40. The average molecular weight is 425 g/mol. The molecule has 0 radical (unpaired) electrons. The molecule has 1 aliphatic carbocycles. The van der Waals surface area contributed by atoms with Crippen molar-refractivity contribution in [3.05, 3.63) is 42.2 Å². The van der Waals surface area contributed by atoms with Gasteiger partial charge < -0.3 is 30.3 Å². The summed E-state index contributed by atoms with van der Waals surface area (Å²) in [7, 11) is 1.65. The minimum Gasteiger partial charge on any atom is -0.383 e. The third-order valence-electron chi connectivity index (χ3n) is 6.29. The number of methoxy groups -OCH3 is 1. The molecule has 0 spiro atoms. The van der Waals surface area contributed by atoms with Crippen LogP contribution in [-0.2, 0) is 4.74 Å². The van der Waals surface area contributed by atoms with Crippen molar-refractivity contribution in [2.75, 3.05) is 41.9 Å². The Morgan fingerprint density at radius 1 is 1.29 bits per heavy atom. The number of hydrogen-bond acceptors (Lipinski definition) is 8. The van der Waals surface area contributed by atoms with Crippen molar-refractivity contribution in [1.29, 1.82) is 0 Å². The summed E-state index contributed by atoms with van der Waals surface area (Å²) in [6, 6.07) is 9.30. The van der Waals surface area contributed by atoms with E-state index >= 15 is 0 Å². The Hall–Kier alpha value is -2.91. The van der Waals surface area contributed by atoms with Gasteiger partial charge in [-0.3, -0.25) is 4.79 Å². The number of pyridine rings is 2. The molecule has 2 aromatic rings. The molecular weight excluding hydrogens is 396 g/mol. The van der Waals surface area contributed by atoms with Crippen LogP contribution in [0.25, 0.3) is 0 Å². The smallest absolute Gasteiger partial charge is 0.270 e. The molecule has 2 fully saturated rings. The number of nitrogens with zero attached hydrogens (tertiary/aromatic N) is 4. The van der Waals surface area contributed by atoms with Crippen LogP contribution in [-0.4, -0.2) is 66.2 Å². The van der Waals surface area contributed by atoms with E-state index < -0.39 is 6.35 Å². The Labute approximate surface area is 181 Å². The van der Waals surface area contributed by atoms with Gasteiger partial charge in [-0.05, 0) is 49.4 Å². The van der Waals surface area contributed by atoms with E-state index in [1.165, 1.54) is 0 Å². The van der Waals surface area contributed by atoms with Gasteiger partial charge in [0.1, 0.15) is 11.5 Å². The molecule has 9 heteroatoms. The summed E-state index contributed by atoms with van der Waals surface area (Å²) in [5, 5.41) is 17.1. The van der Waals surface area contributed by atoms with Crippen molar-refractivity contribution in [2.24, 2.45) is 5.92 Å². The number of ether oxygens (including phenoxy) is 1. The first-order chi connectivity index (χ1) is 15.1. The van der Waals surface area contributed by atoms with E-state index in [0.717, 1.165) is 38.0 Å². The molecule has 1 saturated carbocycles. The largest absolute Gasteiger partial charge is 0.383 e. The second kappa shape index (κ2) is 8.32. The number of nitrogens with one attached hydrogen (secondary N) is 2. The van der Waals surface area contributed by atoms with Crippen molar-refractivity contribution in [3.8, 4) is 0 Å². The van der Waals surface area contributed by atoms with Crippen LogP contribution in [0.3, 0.4) is 0 Å². The predicted octanol–water partition coefficient (Wildman–Crippen LogP) is 1.42. The Kier molecular flexibility index (Phi) is 5.37. The number of aliphatic hydroxyl groups excluding tert-OH is 1. The lowest BCUT2D eigenvalue weighted by atomic mass is 10.1. The van der Waals surface area contributed by atoms with E-state index in [9.17, 15) is 9.90 Å². The fraction of sp³-hybridized carbons (Fsp3) is 0.500.